The van der Waals surface area contributed by atoms with E-state index < -0.39 is 0 Å². The van der Waals surface area contributed by atoms with Gasteiger partial charge in [0.2, 0.25) is 0 Å². The zero-order chi connectivity index (χ0) is 9.52. The van der Waals surface area contributed by atoms with Crippen molar-refractivity contribution in [2.45, 2.75) is 39.2 Å². The van der Waals surface area contributed by atoms with E-state index in [0.29, 0.717) is 6.04 Å². The lowest BCUT2D eigenvalue weighted by molar-refractivity contribution is 0.514. The van der Waals surface area contributed by atoms with E-state index in [1.54, 1.807) is 0 Å². The van der Waals surface area contributed by atoms with Gasteiger partial charge >= 0.3 is 0 Å². The summed E-state index contributed by atoms with van der Waals surface area (Å²) >= 11 is 1.85. The largest absolute Gasteiger partial charge is 0.309 e. The number of thiophene rings is 1. The van der Waals surface area contributed by atoms with E-state index in [-0.39, 0.29) is 0 Å². The molecule has 1 nitrogen and oxygen atoms in total. The molecule has 0 aromatic carbocycles. The van der Waals surface area contributed by atoms with Crippen molar-refractivity contribution in [3.05, 3.63) is 22.4 Å². The standard InChI is InChI=1S/C11H19NS/c1-3-5-8-12-10(4-2)11-7-6-9-13-11/h6-7,9-10,12H,3-5,8H2,1-2H3. The molecule has 1 rings (SSSR count). The number of unbranched alkanes of at least 4 members (excludes halogenated alkanes) is 1. The van der Waals surface area contributed by atoms with Crippen molar-refractivity contribution >= 4 is 11.3 Å². The van der Waals surface area contributed by atoms with E-state index in [1.807, 2.05) is 11.3 Å². The zero-order valence-corrected chi connectivity index (χ0v) is 9.36. The van der Waals surface area contributed by atoms with E-state index in [1.165, 1.54) is 24.1 Å². The minimum atomic E-state index is 0.576. The van der Waals surface area contributed by atoms with Crippen LogP contribution in [0.3, 0.4) is 0 Å². The highest BCUT2D eigenvalue weighted by Crippen LogP contribution is 2.21. The molecule has 0 fully saturated rings. The quantitative estimate of drug-likeness (QED) is 0.687. The van der Waals surface area contributed by atoms with Crippen LogP contribution in [0, 0.1) is 0 Å². The molecule has 0 aliphatic carbocycles. The van der Waals surface area contributed by atoms with Gasteiger partial charge in [0.25, 0.3) is 0 Å². The van der Waals surface area contributed by atoms with Crippen molar-refractivity contribution < 1.29 is 0 Å². The molecule has 1 unspecified atom stereocenters. The Balaban J connectivity index is 2.35. The van der Waals surface area contributed by atoms with Crippen molar-refractivity contribution in [3.63, 3.8) is 0 Å². The molecule has 0 bridgehead atoms. The van der Waals surface area contributed by atoms with Crippen molar-refractivity contribution in [1.29, 1.82) is 0 Å². The predicted octanol–water partition coefficient (Wildman–Crippen LogP) is 3.59. The summed E-state index contributed by atoms with van der Waals surface area (Å²) in [5.41, 5.74) is 0. The summed E-state index contributed by atoms with van der Waals surface area (Å²) in [5, 5.41) is 5.74. The number of nitrogens with one attached hydrogen (secondary N) is 1. The highest BCUT2D eigenvalue weighted by Gasteiger charge is 2.07. The molecule has 74 valence electrons. The Morgan fingerprint density at radius 2 is 2.31 bits per heavy atom. The first-order valence-corrected chi connectivity index (χ1v) is 6.03. The molecule has 13 heavy (non-hydrogen) atoms. The minimum absolute atomic E-state index is 0.576. The highest BCUT2D eigenvalue weighted by atomic mass is 32.1. The normalized spacial score (nSPS) is 13.1. The van der Waals surface area contributed by atoms with Crippen LogP contribution in [0.15, 0.2) is 17.5 Å². The molecule has 0 aliphatic rings. The third-order valence-electron chi connectivity index (χ3n) is 2.22. The van der Waals surface area contributed by atoms with E-state index in [0.717, 1.165) is 6.54 Å². The lowest BCUT2D eigenvalue weighted by atomic mass is 10.2. The molecule has 0 saturated heterocycles. The van der Waals surface area contributed by atoms with Crippen LogP contribution >= 0.6 is 11.3 Å². The van der Waals surface area contributed by atoms with Crippen LogP contribution in [0.25, 0.3) is 0 Å². The summed E-state index contributed by atoms with van der Waals surface area (Å²) in [6, 6.07) is 4.92. The summed E-state index contributed by atoms with van der Waals surface area (Å²) in [6.45, 7) is 5.62. The second kappa shape index (κ2) is 6.17. The average molecular weight is 197 g/mol. The Kier molecular flexibility index (Phi) is 5.09. The molecule has 1 aromatic rings. The van der Waals surface area contributed by atoms with Gasteiger partial charge in [-0.25, -0.2) is 0 Å². The predicted molar refractivity (Wildman–Crippen MR) is 60.3 cm³/mol. The second-order valence-corrected chi connectivity index (χ2v) is 4.26. The van der Waals surface area contributed by atoms with Gasteiger partial charge in [-0.05, 0) is 30.8 Å². The van der Waals surface area contributed by atoms with Gasteiger partial charge in [0.05, 0.1) is 0 Å². The SMILES string of the molecule is CCCCNC(CC)c1cccs1. The molecule has 1 aromatic heterocycles. The van der Waals surface area contributed by atoms with Crippen LogP contribution in [-0.4, -0.2) is 6.54 Å². The van der Waals surface area contributed by atoms with E-state index >= 15 is 0 Å². The van der Waals surface area contributed by atoms with Crippen LogP contribution in [0.4, 0.5) is 0 Å². The maximum atomic E-state index is 3.58. The molecule has 0 saturated carbocycles. The molecule has 0 spiro atoms. The van der Waals surface area contributed by atoms with Gasteiger partial charge in [0.1, 0.15) is 0 Å². The summed E-state index contributed by atoms with van der Waals surface area (Å²) in [5.74, 6) is 0. The Hall–Kier alpha value is -0.340. The number of rotatable bonds is 6. The Morgan fingerprint density at radius 1 is 1.46 bits per heavy atom. The summed E-state index contributed by atoms with van der Waals surface area (Å²) in [4.78, 5) is 1.47. The fraction of sp³-hybridized carbons (Fsp3) is 0.636. The Bertz CT molecular complexity index is 206. The minimum Gasteiger partial charge on any atom is -0.309 e. The fourth-order valence-electron chi connectivity index (χ4n) is 1.39. The van der Waals surface area contributed by atoms with Crippen molar-refractivity contribution in [2.24, 2.45) is 0 Å². The van der Waals surface area contributed by atoms with Gasteiger partial charge in [-0.2, -0.15) is 0 Å². The average Bonchev–Trinajstić information content (AvgIpc) is 2.65. The number of hydrogen-bond donors (Lipinski definition) is 1. The van der Waals surface area contributed by atoms with Crippen LogP contribution in [-0.2, 0) is 0 Å². The van der Waals surface area contributed by atoms with E-state index in [9.17, 15) is 0 Å². The van der Waals surface area contributed by atoms with Crippen LogP contribution in [0.2, 0.25) is 0 Å². The van der Waals surface area contributed by atoms with Gasteiger partial charge in [-0.1, -0.05) is 26.3 Å². The van der Waals surface area contributed by atoms with E-state index in [2.05, 4.69) is 36.7 Å². The Morgan fingerprint density at radius 3 is 2.85 bits per heavy atom. The molecule has 0 amide bonds. The molecule has 2 heteroatoms. The first-order valence-electron chi connectivity index (χ1n) is 5.15. The van der Waals surface area contributed by atoms with E-state index in [4.69, 9.17) is 0 Å². The lowest BCUT2D eigenvalue weighted by Crippen LogP contribution is -2.20. The molecule has 1 N–H and O–H groups in total. The smallest absolute Gasteiger partial charge is 0.0412 e. The first kappa shape index (κ1) is 10.7. The third kappa shape index (κ3) is 3.49. The highest BCUT2D eigenvalue weighted by molar-refractivity contribution is 7.10. The first-order chi connectivity index (χ1) is 6.38. The fourth-order valence-corrected chi connectivity index (χ4v) is 2.27. The Labute approximate surface area is 85.2 Å². The monoisotopic (exact) mass is 197 g/mol. The van der Waals surface area contributed by atoms with Gasteiger partial charge in [0.15, 0.2) is 0 Å². The van der Waals surface area contributed by atoms with Crippen molar-refractivity contribution in [2.75, 3.05) is 6.54 Å². The van der Waals surface area contributed by atoms with Crippen LogP contribution in [0.1, 0.15) is 44.0 Å². The molecular weight excluding hydrogens is 178 g/mol. The van der Waals surface area contributed by atoms with Gasteiger partial charge in [0, 0.05) is 10.9 Å². The molecular formula is C11H19NS. The van der Waals surface area contributed by atoms with Gasteiger partial charge < -0.3 is 5.32 Å². The maximum Gasteiger partial charge on any atom is 0.0412 e. The van der Waals surface area contributed by atoms with Crippen molar-refractivity contribution in [1.82, 2.24) is 5.32 Å². The van der Waals surface area contributed by atoms with Crippen LogP contribution in [0.5, 0.6) is 0 Å². The zero-order valence-electron chi connectivity index (χ0n) is 8.55. The molecule has 1 heterocycles. The third-order valence-corrected chi connectivity index (χ3v) is 3.20. The van der Waals surface area contributed by atoms with Crippen LogP contribution < -0.4 is 5.32 Å². The lowest BCUT2D eigenvalue weighted by Gasteiger charge is -2.14. The number of hydrogen-bond acceptors (Lipinski definition) is 2. The molecule has 1 atom stereocenters. The summed E-state index contributed by atoms with van der Waals surface area (Å²) in [6.07, 6.45) is 3.74. The second-order valence-electron chi connectivity index (χ2n) is 3.28. The maximum absolute atomic E-state index is 3.58. The van der Waals surface area contributed by atoms with Gasteiger partial charge in [-0.3, -0.25) is 0 Å². The molecule has 0 aliphatic heterocycles. The summed E-state index contributed by atoms with van der Waals surface area (Å²) < 4.78 is 0. The topological polar surface area (TPSA) is 12.0 Å². The van der Waals surface area contributed by atoms with Crippen molar-refractivity contribution in [3.8, 4) is 0 Å². The molecule has 0 radical (unpaired) electrons. The van der Waals surface area contributed by atoms with Gasteiger partial charge in [-0.15, -0.1) is 11.3 Å². The summed E-state index contributed by atoms with van der Waals surface area (Å²) in [7, 11) is 0.